The number of phenols is 1. The van der Waals surface area contributed by atoms with Gasteiger partial charge in [-0.05, 0) is 47.9 Å². The summed E-state index contributed by atoms with van der Waals surface area (Å²) < 4.78 is 6.74. The molecule has 6 rings (SSSR count). The zero-order valence-corrected chi connectivity index (χ0v) is 21.9. The van der Waals surface area contributed by atoms with Crippen LogP contribution in [0.15, 0.2) is 100 Å². The average Bonchev–Trinajstić information content (AvgIpc) is 3.60. The number of nitrogens with one attached hydrogen (secondary N) is 2. The van der Waals surface area contributed by atoms with Crippen molar-refractivity contribution in [2.75, 3.05) is 17.7 Å². The Labute approximate surface area is 232 Å². The van der Waals surface area contributed by atoms with Gasteiger partial charge in [0.05, 0.1) is 24.6 Å². The smallest absolute Gasteiger partial charge is 0.259 e. The van der Waals surface area contributed by atoms with E-state index in [9.17, 15) is 15.2 Å². The van der Waals surface area contributed by atoms with Crippen molar-refractivity contribution < 1.29 is 14.6 Å². The second-order valence-corrected chi connectivity index (χ2v) is 9.90. The Morgan fingerprint density at radius 3 is 2.67 bits per heavy atom. The number of benzene rings is 4. The first-order chi connectivity index (χ1) is 19.6. The lowest BCUT2D eigenvalue weighted by Crippen LogP contribution is -2.12. The van der Waals surface area contributed by atoms with Crippen molar-refractivity contribution >= 4 is 51.3 Å². The van der Waals surface area contributed by atoms with E-state index in [0.29, 0.717) is 22.2 Å². The fourth-order valence-corrected chi connectivity index (χ4v) is 5.44. The number of carbonyl (C=O) groups excluding carboxylic acids is 1. The summed E-state index contributed by atoms with van der Waals surface area (Å²) in [6.45, 7) is 0. The third-order valence-electron chi connectivity index (χ3n) is 6.35. The standard InChI is InChI=1S/C29H21N7O3S/c1-39-20-12-10-19(11-13-20)32-28(38)22-14-17-6-2-3-7-21(17)25(26(22)37)34-35-27-18(15-30)16-31-36(27)29-33-23-8-4-5-9-24(23)40-29/h2-14,16,29,33,37H,1H3,(H,32,38)/b35-34+. The number of anilines is 2. The first kappa shape index (κ1) is 25.0. The number of hydrogen-bond acceptors (Lipinski definition) is 9. The van der Waals surface area contributed by atoms with E-state index in [0.717, 1.165) is 10.6 Å². The van der Waals surface area contributed by atoms with E-state index in [1.165, 1.54) is 18.0 Å². The van der Waals surface area contributed by atoms with Crippen LogP contribution in [0.25, 0.3) is 10.8 Å². The van der Waals surface area contributed by atoms with Crippen LogP contribution < -0.4 is 15.4 Å². The second-order valence-electron chi connectivity index (χ2n) is 8.77. The number of carbonyl (C=O) groups is 1. The number of hydrogen-bond donors (Lipinski definition) is 3. The van der Waals surface area contributed by atoms with Crippen molar-refractivity contribution in [2.24, 2.45) is 10.2 Å². The van der Waals surface area contributed by atoms with Gasteiger partial charge in [0.15, 0.2) is 17.1 Å². The molecule has 0 aliphatic carbocycles. The molecule has 5 aromatic rings. The molecular weight excluding hydrogens is 526 g/mol. The monoisotopic (exact) mass is 547 g/mol. The number of methoxy groups -OCH3 is 1. The number of thioether (sulfide) groups is 1. The number of para-hydroxylation sites is 1. The number of ether oxygens (including phenoxy) is 1. The van der Waals surface area contributed by atoms with Gasteiger partial charge in [0, 0.05) is 16.0 Å². The molecule has 3 N–H and O–H groups in total. The van der Waals surface area contributed by atoms with Crippen LogP contribution in [0.5, 0.6) is 11.5 Å². The zero-order chi connectivity index (χ0) is 27.6. The Bertz CT molecular complexity index is 1800. The third-order valence-corrected chi connectivity index (χ3v) is 7.50. The molecule has 2 heterocycles. The molecule has 0 spiro atoms. The highest BCUT2D eigenvalue weighted by Gasteiger charge is 2.27. The summed E-state index contributed by atoms with van der Waals surface area (Å²) in [6.07, 6.45) is 1.43. The predicted octanol–water partition coefficient (Wildman–Crippen LogP) is 6.96. The van der Waals surface area contributed by atoms with Crippen molar-refractivity contribution in [3.63, 3.8) is 0 Å². The summed E-state index contributed by atoms with van der Waals surface area (Å²) in [5.74, 6) is 0.0212. The van der Waals surface area contributed by atoms with Gasteiger partial charge >= 0.3 is 0 Å². The van der Waals surface area contributed by atoms with Gasteiger partial charge in [0.1, 0.15) is 23.1 Å². The van der Waals surface area contributed by atoms with E-state index in [2.05, 4.69) is 32.0 Å². The molecule has 1 unspecified atom stereocenters. The Morgan fingerprint density at radius 1 is 1.12 bits per heavy atom. The van der Waals surface area contributed by atoms with Crippen LogP contribution >= 0.6 is 11.8 Å². The summed E-state index contributed by atoms with van der Waals surface area (Å²) in [5.41, 5.74) is 1.49. The molecule has 0 bridgehead atoms. The molecule has 1 aromatic heterocycles. The minimum Gasteiger partial charge on any atom is -0.505 e. The number of azo groups is 1. The lowest BCUT2D eigenvalue weighted by Gasteiger charge is -2.13. The van der Waals surface area contributed by atoms with Gasteiger partial charge < -0.3 is 20.5 Å². The van der Waals surface area contributed by atoms with Crippen LogP contribution in [-0.2, 0) is 0 Å². The lowest BCUT2D eigenvalue weighted by atomic mass is 10.0. The van der Waals surface area contributed by atoms with Crippen molar-refractivity contribution in [1.82, 2.24) is 9.78 Å². The van der Waals surface area contributed by atoms with Gasteiger partial charge in [-0.25, -0.2) is 4.68 Å². The van der Waals surface area contributed by atoms with E-state index in [-0.39, 0.29) is 33.9 Å². The number of aromatic nitrogens is 2. The number of fused-ring (bicyclic) bond motifs is 2. The van der Waals surface area contributed by atoms with Gasteiger partial charge in [0.25, 0.3) is 5.91 Å². The van der Waals surface area contributed by atoms with Crippen LogP contribution in [0.3, 0.4) is 0 Å². The molecular formula is C29H21N7O3S. The van der Waals surface area contributed by atoms with E-state index in [1.807, 2.05) is 36.4 Å². The number of amides is 1. The summed E-state index contributed by atoms with van der Waals surface area (Å²) in [7, 11) is 1.56. The fraction of sp³-hybridized carbons (Fsp3) is 0.0690. The third kappa shape index (κ3) is 4.57. The Balaban J connectivity index is 1.37. The van der Waals surface area contributed by atoms with Crippen molar-refractivity contribution in [1.29, 1.82) is 5.26 Å². The van der Waals surface area contributed by atoms with Gasteiger partial charge in [-0.2, -0.15) is 10.4 Å². The minimum absolute atomic E-state index is 0.0287. The molecule has 0 fully saturated rings. The summed E-state index contributed by atoms with van der Waals surface area (Å²) in [5, 5.41) is 41.5. The molecule has 1 atom stereocenters. The van der Waals surface area contributed by atoms with Crippen LogP contribution in [0.1, 0.15) is 21.4 Å². The van der Waals surface area contributed by atoms with Crippen LogP contribution in [0, 0.1) is 11.3 Å². The SMILES string of the molecule is COc1ccc(NC(=O)c2cc3ccccc3c(/N=N/c3c(C#N)cnn3C3Nc4ccccc4S3)c2O)cc1. The first-order valence-electron chi connectivity index (χ1n) is 12.2. The van der Waals surface area contributed by atoms with Crippen molar-refractivity contribution in [3.05, 3.63) is 96.2 Å². The molecule has 1 amide bonds. The molecule has 11 heteroatoms. The molecule has 196 valence electrons. The minimum atomic E-state index is -0.517. The normalized spacial score (nSPS) is 14.1. The number of rotatable bonds is 6. The fourth-order valence-electron chi connectivity index (χ4n) is 4.35. The number of phenolic OH excluding ortho intramolecular Hbond substituents is 1. The van der Waals surface area contributed by atoms with Gasteiger partial charge in [-0.1, -0.05) is 48.2 Å². The molecule has 4 aromatic carbocycles. The maximum atomic E-state index is 13.2. The largest absolute Gasteiger partial charge is 0.505 e. The summed E-state index contributed by atoms with van der Waals surface area (Å²) >= 11 is 1.53. The molecule has 10 nitrogen and oxygen atoms in total. The topological polar surface area (TPSA) is 137 Å². The van der Waals surface area contributed by atoms with Crippen molar-refractivity contribution in [3.8, 4) is 17.6 Å². The molecule has 1 aliphatic rings. The first-order valence-corrected chi connectivity index (χ1v) is 13.1. The van der Waals surface area contributed by atoms with E-state index in [4.69, 9.17) is 4.74 Å². The van der Waals surface area contributed by atoms with Crippen LogP contribution in [0.4, 0.5) is 22.9 Å². The summed E-state index contributed by atoms with van der Waals surface area (Å²) in [4.78, 5) is 14.3. The molecule has 0 radical (unpaired) electrons. The Morgan fingerprint density at radius 2 is 1.90 bits per heavy atom. The van der Waals surface area contributed by atoms with Gasteiger partial charge in [-0.3, -0.25) is 4.79 Å². The van der Waals surface area contributed by atoms with Crippen LogP contribution in [-0.4, -0.2) is 27.9 Å². The highest BCUT2D eigenvalue weighted by molar-refractivity contribution is 8.00. The highest BCUT2D eigenvalue weighted by Crippen LogP contribution is 2.46. The highest BCUT2D eigenvalue weighted by atomic mass is 32.2. The van der Waals surface area contributed by atoms with Crippen LogP contribution in [0.2, 0.25) is 0 Å². The Hall–Kier alpha value is -5.34. The molecule has 1 aliphatic heterocycles. The number of nitriles is 1. The zero-order valence-electron chi connectivity index (χ0n) is 21.1. The molecule has 0 saturated carbocycles. The second kappa shape index (κ2) is 10.4. The number of aromatic hydroxyl groups is 1. The van der Waals surface area contributed by atoms with Crippen molar-refractivity contribution in [2.45, 2.75) is 10.4 Å². The van der Waals surface area contributed by atoms with Gasteiger partial charge in [0.2, 0.25) is 0 Å². The maximum Gasteiger partial charge on any atom is 0.259 e. The quantitative estimate of drug-likeness (QED) is 0.195. The Kier molecular flexibility index (Phi) is 6.51. The van der Waals surface area contributed by atoms with E-state index < -0.39 is 5.91 Å². The summed E-state index contributed by atoms with van der Waals surface area (Å²) in [6, 6.07) is 25.6. The average molecular weight is 548 g/mol. The predicted molar refractivity (Wildman–Crippen MR) is 153 cm³/mol. The maximum absolute atomic E-state index is 13.2. The van der Waals surface area contributed by atoms with E-state index in [1.54, 1.807) is 54.3 Å². The lowest BCUT2D eigenvalue weighted by molar-refractivity contribution is 0.102. The number of nitrogens with zero attached hydrogens (tertiary/aromatic N) is 5. The van der Waals surface area contributed by atoms with Gasteiger partial charge in [-0.15, -0.1) is 10.2 Å². The van der Waals surface area contributed by atoms with E-state index >= 15 is 0 Å². The molecule has 40 heavy (non-hydrogen) atoms. The molecule has 0 saturated heterocycles.